The number of anilines is 1. The molecule has 0 saturated carbocycles. The van der Waals surface area contributed by atoms with Crippen LogP contribution in [-0.4, -0.2) is 29.6 Å². The van der Waals surface area contributed by atoms with Crippen LogP contribution in [0.4, 0.5) is 5.82 Å². The van der Waals surface area contributed by atoms with Gasteiger partial charge in [0.1, 0.15) is 5.82 Å². The molecule has 0 unspecified atom stereocenters. The molecule has 70 valence electrons. The number of pyridine rings is 1. The van der Waals surface area contributed by atoms with Crippen molar-refractivity contribution in [1.82, 2.24) is 4.98 Å². The molecule has 1 aliphatic rings. The Morgan fingerprint density at radius 3 is 3.08 bits per heavy atom. The van der Waals surface area contributed by atoms with Crippen molar-refractivity contribution in [3.05, 3.63) is 24.4 Å². The van der Waals surface area contributed by atoms with E-state index in [1.165, 1.54) is 17.9 Å². The van der Waals surface area contributed by atoms with Gasteiger partial charge in [-0.05, 0) is 24.3 Å². The molecule has 1 saturated heterocycles. The van der Waals surface area contributed by atoms with E-state index in [2.05, 4.69) is 22.0 Å². The van der Waals surface area contributed by atoms with Gasteiger partial charge in [0.2, 0.25) is 0 Å². The topological polar surface area (TPSA) is 16.1 Å². The maximum Gasteiger partial charge on any atom is 0.128 e. The Balaban J connectivity index is 2.06. The summed E-state index contributed by atoms with van der Waals surface area (Å²) in [5.41, 5.74) is 0. The van der Waals surface area contributed by atoms with E-state index < -0.39 is 0 Å². The Labute approximate surface area is 83.4 Å². The lowest BCUT2D eigenvalue weighted by Gasteiger charge is -2.20. The van der Waals surface area contributed by atoms with E-state index in [1.54, 1.807) is 0 Å². The van der Waals surface area contributed by atoms with Gasteiger partial charge in [0, 0.05) is 25.0 Å². The largest absolute Gasteiger partial charge is 0.356 e. The summed E-state index contributed by atoms with van der Waals surface area (Å²) in [6.07, 6.45) is 3.15. The van der Waals surface area contributed by atoms with Crippen molar-refractivity contribution in [3.8, 4) is 0 Å². The second-order valence-corrected chi connectivity index (χ2v) is 4.37. The van der Waals surface area contributed by atoms with Gasteiger partial charge < -0.3 is 4.90 Å². The Bertz CT molecular complexity index is 242. The van der Waals surface area contributed by atoms with Crippen molar-refractivity contribution in [2.45, 2.75) is 6.42 Å². The van der Waals surface area contributed by atoms with Crippen LogP contribution in [0, 0.1) is 0 Å². The Hall–Kier alpha value is -0.700. The third-order valence-electron chi connectivity index (χ3n) is 2.20. The average Bonchev–Trinajstić information content (AvgIpc) is 2.47. The van der Waals surface area contributed by atoms with E-state index in [0.717, 1.165) is 18.9 Å². The van der Waals surface area contributed by atoms with Gasteiger partial charge in [-0.25, -0.2) is 4.98 Å². The van der Waals surface area contributed by atoms with Crippen LogP contribution in [0.2, 0.25) is 0 Å². The van der Waals surface area contributed by atoms with Gasteiger partial charge in [-0.1, -0.05) is 6.07 Å². The minimum atomic E-state index is 1.13. The fourth-order valence-corrected chi connectivity index (χ4v) is 2.40. The van der Waals surface area contributed by atoms with E-state index >= 15 is 0 Å². The second kappa shape index (κ2) is 4.51. The SMILES string of the molecule is c1ccc(N2CCCSCC2)nc1. The molecule has 0 radical (unpaired) electrons. The molecular weight excluding hydrogens is 180 g/mol. The zero-order valence-electron chi connectivity index (χ0n) is 7.65. The maximum absolute atomic E-state index is 4.36. The standard InChI is InChI=1S/C10H14N2S/c1-2-5-11-10(4-1)12-6-3-8-13-9-7-12/h1-2,4-5H,3,6-9H2. The fraction of sp³-hybridized carbons (Fsp3) is 0.500. The van der Waals surface area contributed by atoms with Crippen molar-refractivity contribution in [1.29, 1.82) is 0 Å². The summed E-state index contributed by atoms with van der Waals surface area (Å²) in [6.45, 7) is 2.30. The Morgan fingerprint density at radius 2 is 2.23 bits per heavy atom. The van der Waals surface area contributed by atoms with Crippen molar-refractivity contribution < 1.29 is 0 Å². The third kappa shape index (κ3) is 2.37. The van der Waals surface area contributed by atoms with Gasteiger partial charge in [-0.15, -0.1) is 0 Å². The number of hydrogen-bond donors (Lipinski definition) is 0. The number of thioether (sulfide) groups is 1. The molecule has 2 heterocycles. The summed E-state index contributed by atoms with van der Waals surface area (Å²) in [7, 11) is 0. The molecule has 0 aliphatic carbocycles. The quantitative estimate of drug-likeness (QED) is 0.680. The smallest absolute Gasteiger partial charge is 0.128 e. The van der Waals surface area contributed by atoms with E-state index in [-0.39, 0.29) is 0 Å². The summed E-state index contributed by atoms with van der Waals surface area (Å²) in [5, 5.41) is 0. The van der Waals surface area contributed by atoms with Gasteiger partial charge in [-0.2, -0.15) is 11.8 Å². The molecule has 2 nitrogen and oxygen atoms in total. The summed E-state index contributed by atoms with van der Waals surface area (Å²) in [5.74, 6) is 3.66. The van der Waals surface area contributed by atoms with E-state index in [0.29, 0.717) is 0 Å². The molecule has 13 heavy (non-hydrogen) atoms. The average molecular weight is 194 g/mol. The van der Waals surface area contributed by atoms with E-state index in [1.807, 2.05) is 24.0 Å². The lowest BCUT2D eigenvalue weighted by atomic mass is 10.3. The number of aromatic nitrogens is 1. The number of hydrogen-bond acceptors (Lipinski definition) is 3. The third-order valence-corrected chi connectivity index (χ3v) is 3.24. The second-order valence-electron chi connectivity index (χ2n) is 3.14. The van der Waals surface area contributed by atoms with Crippen LogP contribution in [-0.2, 0) is 0 Å². The monoisotopic (exact) mass is 194 g/mol. The molecule has 2 rings (SSSR count). The molecule has 1 aromatic heterocycles. The molecule has 0 aromatic carbocycles. The summed E-state index contributed by atoms with van der Waals surface area (Å²) >= 11 is 2.04. The highest BCUT2D eigenvalue weighted by Crippen LogP contribution is 2.15. The summed E-state index contributed by atoms with van der Waals surface area (Å²) in [4.78, 5) is 6.74. The first-order valence-corrected chi connectivity index (χ1v) is 5.86. The first-order valence-electron chi connectivity index (χ1n) is 4.70. The minimum absolute atomic E-state index is 1.13. The van der Waals surface area contributed by atoms with Crippen LogP contribution >= 0.6 is 11.8 Å². The zero-order valence-corrected chi connectivity index (χ0v) is 8.46. The van der Waals surface area contributed by atoms with Crippen molar-refractivity contribution in [3.63, 3.8) is 0 Å². The highest BCUT2D eigenvalue weighted by atomic mass is 32.2. The van der Waals surface area contributed by atoms with Crippen LogP contribution in [0.5, 0.6) is 0 Å². The van der Waals surface area contributed by atoms with E-state index in [4.69, 9.17) is 0 Å². The summed E-state index contributed by atoms with van der Waals surface area (Å²) < 4.78 is 0. The molecule has 0 bridgehead atoms. The van der Waals surface area contributed by atoms with Crippen LogP contribution in [0.1, 0.15) is 6.42 Å². The molecule has 0 spiro atoms. The minimum Gasteiger partial charge on any atom is -0.356 e. The van der Waals surface area contributed by atoms with Crippen molar-refractivity contribution in [2.24, 2.45) is 0 Å². The van der Waals surface area contributed by atoms with Crippen LogP contribution in [0.15, 0.2) is 24.4 Å². The number of nitrogens with zero attached hydrogens (tertiary/aromatic N) is 2. The van der Waals surface area contributed by atoms with Gasteiger partial charge in [0.25, 0.3) is 0 Å². The van der Waals surface area contributed by atoms with E-state index in [9.17, 15) is 0 Å². The fourth-order valence-electron chi connectivity index (χ4n) is 1.52. The first-order chi connectivity index (χ1) is 6.47. The molecule has 0 atom stereocenters. The van der Waals surface area contributed by atoms with Gasteiger partial charge in [0.15, 0.2) is 0 Å². The predicted octanol–water partition coefficient (Wildman–Crippen LogP) is 2.02. The molecule has 0 amide bonds. The molecule has 0 N–H and O–H groups in total. The van der Waals surface area contributed by atoms with Gasteiger partial charge >= 0.3 is 0 Å². The number of rotatable bonds is 1. The molecule has 1 aliphatic heterocycles. The molecule has 1 fully saturated rings. The predicted molar refractivity (Wildman–Crippen MR) is 58.4 cm³/mol. The lowest BCUT2D eigenvalue weighted by molar-refractivity contribution is 0.801. The highest BCUT2D eigenvalue weighted by molar-refractivity contribution is 7.99. The normalized spacial score (nSPS) is 18.3. The Kier molecular flexibility index (Phi) is 3.08. The van der Waals surface area contributed by atoms with Crippen molar-refractivity contribution >= 4 is 17.6 Å². The van der Waals surface area contributed by atoms with Crippen LogP contribution < -0.4 is 4.90 Å². The van der Waals surface area contributed by atoms with Crippen molar-refractivity contribution in [2.75, 3.05) is 29.5 Å². The first kappa shape index (κ1) is 8.88. The van der Waals surface area contributed by atoms with Gasteiger partial charge in [-0.3, -0.25) is 0 Å². The highest BCUT2D eigenvalue weighted by Gasteiger charge is 2.09. The van der Waals surface area contributed by atoms with Crippen LogP contribution in [0.25, 0.3) is 0 Å². The molecule has 1 aromatic rings. The Morgan fingerprint density at radius 1 is 1.23 bits per heavy atom. The maximum atomic E-state index is 4.36. The molecular formula is C10H14N2S. The molecule has 3 heteroatoms. The summed E-state index contributed by atoms with van der Waals surface area (Å²) in [6, 6.07) is 6.12. The lowest BCUT2D eigenvalue weighted by Crippen LogP contribution is -2.26. The van der Waals surface area contributed by atoms with Crippen LogP contribution in [0.3, 0.4) is 0 Å². The zero-order chi connectivity index (χ0) is 8.93. The van der Waals surface area contributed by atoms with Gasteiger partial charge in [0.05, 0.1) is 0 Å².